The summed E-state index contributed by atoms with van der Waals surface area (Å²) in [5.41, 5.74) is 2.26. The Morgan fingerprint density at radius 2 is 1.91 bits per heavy atom. The second kappa shape index (κ2) is 11.3. The van der Waals surface area contributed by atoms with Crippen LogP contribution in [0.25, 0.3) is 0 Å². The Morgan fingerprint density at radius 3 is 2.67 bits per heavy atom. The van der Waals surface area contributed by atoms with Crippen LogP contribution in [0.1, 0.15) is 41.6 Å². The molecule has 1 atom stereocenters. The molecule has 2 fully saturated rings. The minimum atomic E-state index is -0.186. The van der Waals surface area contributed by atoms with Gasteiger partial charge in [0.05, 0.1) is 24.5 Å². The molecule has 1 unspecified atom stereocenters. The van der Waals surface area contributed by atoms with Crippen molar-refractivity contribution in [2.75, 3.05) is 38.7 Å². The third-order valence-electron chi connectivity index (χ3n) is 6.44. The Bertz CT molecular complexity index is 950. The molecule has 2 aliphatic heterocycles. The molecule has 4 rings (SSSR count). The minimum absolute atomic E-state index is 0.0181. The molecule has 0 aliphatic carbocycles. The number of carbonyl (C=O) groups excluding carboxylic acids is 2. The summed E-state index contributed by atoms with van der Waals surface area (Å²) in [5, 5.41) is 5.94. The first-order chi connectivity index (χ1) is 16.1. The summed E-state index contributed by atoms with van der Waals surface area (Å²) >= 11 is 0. The van der Waals surface area contributed by atoms with Gasteiger partial charge in [0.2, 0.25) is 5.91 Å². The Hall–Kier alpha value is -2.90. The molecule has 7 nitrogen and oxygen atoms in total. The van der Waals surface area contributed by atoms with Gasteiger partial charge in [0.1, 0.15) is 5.75 Å². The van der Waals surface area contributed by atoms with Crippen LogP contribution >= 0.6 is 0 Å². The first-order valence-corrected chi connectivity index (χ1v) is 11.8. The number of ether oxygens (including phenoxy) is 2. The van der Waals surface area contributed by atoms with Gasteiger partial charge in [-0.3, -0.25) is 14.5 Å². The highest BCUT2D eigenvalue weighted by molar-refractivity contribution is 6.04. The zero-order chi connectivity index (χ0) is 23.0. The van der Waals surface area contributed by atoms with Crippen LogP contribution in [0.3, 0.4) is 0 Å². The number of para-hydroxylation sites is 1. The number of benzene rings is 2. The lowest BCUT2D eigenvalue weighted by molar-refractivity contribution is -0.121. The second-order valence-corrected chi connectivity index (χ2v) is 8.78. The molecule has 0 spiro atoms. The van der Waals surface area contributed by atoms with Gasteiger partial charge in [0.25, 0.3) is 5.91 Å². The smallest absolute Gasteiger partial charge is 0.253 e. The van der Waals surface area contributed by atoms with Crippen molar-refractivity contribution in [3.05, 3.63) is 59.7 Å². The van der Waals surface area contributed by atoms with Crippen LogP contribution in [0, 0.1) is 5.92 Å². The van der Waals surface area contributed by atoms with Crippen LogP contribution in [0.4, 0.5) is 5.69 Å². The third-order valence-corrected chi connectivity index (χ3v) is 6.44. The number of anilines is 1. The number of hydrogen-bond donors (Lipinski definition) is 2. The van der Waals surface area contributed by atoms with Crippen molar-refractivity contribution in [1.82, 2.24) is 10.2 Å². The van der Waals surface area contributed by atoms with E-state index in [4.69, 9.17) is 9.47 Å². The molecule has 2 aromatic rings. The van der Waals surface area contributed by atoms with E-state index in [0.717, 1.165) is 57.7 Å². The average Bonchev–Trinajstić information content (AvgIpc) is 3.37. The topological polar surface area (TPSA) is 79.9 Å². The van der Waals surface area contributed by atoms with E-state index < -0.39 is 0 Å². The summed E-state index contributed by atoms with van der Waals surface area (Å²) < 4.78 is 10.9. The van der Waals surface area contributed by atoms with E-state index in [1.807, 2.05) is 24.3 Å². The van der Waals surface area contributed by atoms with E-state index in [1.54, 1.807) is 19.2 Å². The maximum absolute atomic E-state index is 13.0. The van der Waals surface area contributed by atoms with E-state index in [-0.39, 0.29) is 23.8 Å². The average molecular weight is 452 g/mol. The molecule has 7 heteroatoms. The lowest BCUT2D eigenvalue weighted by atomic mass is 9.95. The zero-order valence-corrected chi connectivity index (χ0v) is 19.2. The van der Waals surface area contributed by atoms with Crippen LogP contribution in [0.5, 0.6) is 5.75 Å². The van der Waals surface area contributed by atoms with E-state index in [1.165, 1.54) is 5.56 Å². The number of nitrogens with zero attached hydrogens (tertiary/aromatic N) is 1. The first-order valence-electron chi connectivity index (χ1n) is 11.8. The molecule has 33 heavy (non-hydrogen) atoms. The van der Waals surface area contributed by atoms with E-state index in [0.29, 0.717) is 17.8 Å². The number of likely N-dealkylation sites (tertiary alicyclic amines) is 1. The monoisotopic (exact) mass is 451 g/mol. The fourth-order valence-corrected chi connectivity index (χ4v) is 4.51. The number of amides is 2. The summed E-state index contributed by atoms with van der Waals surface area (Å²) in [7, 11) is 1.68. The lowest BCUT2D eigenvalue weighted by Gasteiger charge is -2.31. The molecule has 2 aliphatic rings. The van der Waals surface area contributed by atoms with Gasteiger partial charge in [0, 0.05) is 25.6 Å². The van der Waals surface area contributed by atoms with Crippen LogP contribution in [0.2, 0.25) is 0 Å². The zero-order valence-electron chi connectivity index (χ0n) is 19.2. The highest BCUT2D eigenvalue weighted by atomic mass is 16.5. The Morgan fingerprint density at radius 1 is 1.09 bits per heavy atom. The van der Waals surface area contributed by atoms with Gasteiger partial charge in [0.15, 0.2) is 0 Å². The van der Waals surface area contributed by atoms with Gasteiger partial charge in [-0.05, 0) is 68.6 Å². The fraction of sp³-hybridized carbons (Fsp3) is 0.462. The van der Waals surface area contributed by atoms with E-state index in [9.17, 15) is 9.59 Å². The van der Waals surface area contributed by atoms with Crippen LogP contribution in [0.15, 0.2) is 48.5 Å². The third kappa shape index (κ3) is 6.33. The maximum Gasteiger partial charge on any atom is 0.253 e. The van der Waals surface area contributed by atoms with Crippen molar-refractivity contribution in [2.45, 2.75) is 38.3 Å². The summed E-state index contributed by atoms with van der Waals surface area (Å²) in [6.45, 7) is 3.81. The van der Waals surface area contributed by atoms with E-state index >= 15 is 0 Å². The molecule has 2 aromatic carbocycles. The molecule has 2 N–H and O–H groups in total. The Labute approximate surface area is 195 Å². The molecule has 0 radical (unpaired) electrons. The van der Waals surface area contributed by atoms with E-state index in [2.05, 4.69) is 27.7 Å². The normalized spacial score (nSPS) is 19.2. The van der Waals surface area contributed by atoms with Crippen molar-refractivity contribution in [3.8, 4) is 5.75 Å². The number of rotatable bonds is 8. The number of methoxy groups -OCH3 is 1. The largest absolute Gasteiger partial charge is 0.497 e. The molecular formula is C26H33N3O4. The second-order valence-electron chi connectivity index (χ2n) is 8.78. The summed E-state index contributed by atoms with van der Waals surface area (Å²) in [6, 6.07) is 15.3. The van der Waals surface area contributed by atoms with Gasteiger partial charge in [-0.15, -0.1) is 0 Å². The number of carbonyl (C=O) groups is 2. The van der Waals surface area contributed by atoms with Gasteiger partial charge in [-0.25, -0.2) is 0 Å². The SMILES string of the molecule is COc1cccc(CN2CCC(C(=O)Nc3ccccc3C(=O)NCC3CCCO3)CC2)c1. The molecule has 2 saturated heterocycles. The minimum Gasteiger partial charge on any atom is -0.497 e. The number of nitrogens with one attached hydrogen (secondary N) is 2. The standard InChI is InChI=1S/C26H33N3O4/c1-32-21-7-4-6-19(16-21)18-29-13-11-20(12-14-29)25(30)28-24-10-3-2-9-23(24)26(31)27-17-22-8-5-15-33-22/h2-4,6-7,9-10,16,20,22H,5,8,11-15,17-18H2,1H3,(H,27,31)(H,28,30). The van der Waals surface area contributed by atoms with Gasteiger partial charge in [-0.1, -0.05) is 24.3 Å². The van der Waals surface area contributed by atoms with Crippen LogP contribution in [-0.2, 0) is 16.1 Å². The van der Waals surface area contributed by atoms with Crippen molar-refractivity contribution in [2.24, 2.45) is 5.92 Å². The van der Waals surface area contributed by atoms with Gasteiger partial charge in [-0.2, -0.15) is 0 Å². The van der Waals surface area contributed by atoms with Crippen molar-refractivity contribution in [1.29, 1.82) is 0 Å². The summed E-state index contributed by atoms with van der Waals surface area (Å²) in [6.07, 6.45) is 3.67. The highest BCUT2D eigenvalue weighted by Crippen LogP contribution is 2.23. The van der Waals surface area contributed by atoms with Crippen LogP contribution in [-0.4, -0.2) is 56.2 Å². The van der Waals surface area contributed by atoms with Crippen molar-refractivity contribution < 1.29 is 19.1 Å². The summed E-state index contributed by atoms with van der Waals surface area (Å²) in [5.74, 6) is 0.597. The maximum atomic E-state index is 13.0. The Kier molecular flexibility index (Phi) is 7.96. The molecule has 2 heterocycles. The molecule has 0 bridgehead atoms. The van der Waals surface area contributed by atoms with Crippen LogP contribution < -0.4 is 15.4 Å². The van der Waals surface area contributed by atoms with Gasteiger partial charge < -0.3 is 20.1 Å². The molecule has 2 amide bonds. The summed E-state index contributed by atoms with van der Waals surface area (Å²) in [4.78, 5) is 28.0. The predicted octanol–water partition coefficient (Wildman–Crippen LogP) is 3.45. The number of piperidine rings is 1. The fourth-order valence-electron chi connectivity index (χ4n) is 4.51. The molecular weight excluding hydrogens is 418 g/mol. The number of hydrogen-bond acceptors (Lipinski definition) is 5. The molecule has 0 saturated carbocycles. The lowest BCUT2D eigenvalue weighted by Crippen LogP contribution is -2.38. The quantitative estimate of drug-likeness (QED) is 0.643. The predicted molar refractivity (Wildman–Crippen MR) is 127 cm³/mol. The first kappa shape index (κ1) is 23.3. The Balaban J connectivity index is 1.28. The molecule has 176 valence electrons. The molecule has 0 aromatic heterocycles. The highest BCUT2D eigenvalue weighted by Gasteiger charge is 2.26. The van der Waals surface area contributed by atoms with Crippen molar-refractivity contribution >= 4 is 17.5 Å². The van der Waals surface area contributed by atoms with Gasteiger partial charge >= 0.3 is 0 Å². The van der Waals surface area contributed by atoms with Crippen molar-refractivity contribution in [3.63, 3.8) is 0 Å².